The molecule has 0 radical (unpaired) electrons. The third-order valence-electron chi connectivity index (χ3n) is 6.96. The van der Waals surface area contributed by atoms with Crippen LogP contribution in [0.15, 0.2) is 88.5 Å². The van der Waals surface area contributed by atoms with Crippen molar-refractivity contribution < 1.29 is 14.3 Å². The Morgan fingerprint density at radius 1 is 0.975 bits per heavy atom. The van der Waals surface area contributed by atoms with Gasteiger partial charge in [0.1, 0.15) is 11.7 Å². The van der Waals surface area contributed by atoms with Crippen LogP contribution >= 0.6 is 11.8 Å². The number of hydrazone groups is 1. The van der Waals surface area contributed by atoms with E-state index >= 15 is 0 Å². The number of methoxy groups -OCH3 is 1. The number of aromatic nitrogens is 1. The minimum atomic E-state index is -0.445. The maximum Gasteiger partial charge on any atom is 0.283 e. The van der Waals surface area contributed by atoms with Gasteiger partial charge >= 0.3 is 0 Å². The summed E-state index contributed by atoms with van der Waals surface area (Å²) in [6.45, 7) is 5.06. The van der Waals surface area contributed by atoms with E-state index in [0.717, 1.165) is 33.3 Å². The SMILES string of the molecule is COc1ccccc1OCCn1c(C)c(/C=C2/C(=N)N3N=C(c4ccc(C)cc4)SC3=NC2=O)c2ccccc21. The molecule has 40 heavy (non-hydrogen) atoms. The van der Waals surface area contributed by atoms with E-state index in [4.69, 9.17) is 14.9 Å². The summed E-state index contributed by atoms with van der Waals surface area (Å²) in [6.07, 6.45) is 1.77. The molecule has 6 rings (SSSR count). The molecule has 1 N–H and O–H groups in total. The van der Waals surface area contributed by atoms with Crippen LogP contribution in [0.2, 0.25) is 0 Å². The predicted molar refractivity (Wildman–Crippen MR) is 160 cm³/mol. The van der Waals surface area contributed by atoms with Gasteiger partial charge in [-0.15, -0.1) is 0 Å². The first-order valence-corrected chi connectivity index (χ1v) is 13.7. The second-order valence-corrected chi connectivity index (χ2v) is 10.4. The first-order chi connectivity index (χ1) is 19.4. The third kappa shape index (κ3) is 4.58. The zero-order valence-corrected chi connectivity index (χ0v) is 23.2. The Morgan fingerprint density at radius 3 is 2.48 bits per heavy atom. The van der Waals surface area contributed by atoms with E-state index in [9.17, 15) is 4.79 Å². The van der Waals surface area contributed by atoms with Gasteiger partial charge in [0.2, 0.25) is 5.17 Å². The second-order valence-electron chi connectivity index (χ2n) is 9.46. The first-order valence-electron chi connectivity index (χ1n) is 12.9. The third-order valence-corrected chi connectivity index (χ3v) is 7.92. The van der Waals surface area contributed by atoms with Crippen molar-refractivity contribution in [2.24, 2.45) is 10.1 Å². The minimum Gasteiger partial charge on any atom is -0.493 e. The fourth-order valence-electron chi connectivity index (χ4n) is 4.86. The highest BCUT2D eigenvalue weighted by atomic mass is 32.2. The monoisotopic (exact) mass is 549 g/mol. The van der Waals surface area contributed by atoms with E-state index < -0.39 is 5.91 Å². The molecule has 2 aliphatic rings. The smallest absolute Gasteiger partial charge is 0.283 e. The van der Waals surface area contributed by atoms with Gasteiger partial charge < -0.3 is 14.0 Å². The van der Waals surface area contributed by atoms with Crippen LogP contribution in [0.3, 0.4) is 0 Å². The van der Waals surface area contributed by atoms with Crippen LogP contribution in [0.4, 0.5) is 0 Å². The number of rotatable bonds is 7. The number of nitrogens with one attached hydrogen (secondary N) is 1. The Bertz CT molecular complexity index is 1750. The Balaban J connectivity index is 1.31. The molecule has 4 aromatic rings. The molecule has 0 bridgehead atoms. The molecule has 200 valence electrons. The van der Waals surface area contributed by atoms with Crippen molar-refractivity contribution in [1.82, 2.24) is 9.58 Å². The summed E-state index contributed by atoms with van der Waals surface area (Å²) in [7, 11) is 1.62. The molecule has 0 saturated heterocycles. The van der Waals surface area contributed by atoms with E-state index in [-0.39, 0.29) is 11.4 Å². The predicted octanol–water partition coefficient (Wildman–Crippen LogP) is 6.01. The van der Waals surface area contributed by atoms with Crippen LogP contribution in [0.25, 0.3) is 17.0 Å². The summed E-state index contributed by atoms with van der Waals surface area (Å²) in [5, 5.41) is 17.0. The van der Waals surface area contributed by atoms with Crippen LogP contribution in [0, 0.1) is 19.3 Å². The lowest BCUT2D eigenvalue weighted by Crippen LogP contribution is -2.35. The van der Waals surface area contributed by atoms with Gasteiger partial charge in [-0.2, -0.15) is 15.1 Å². The fourth-order valence-corrected chi connectivity index (χ4v) is 5.76. The van der Waals surface area contributed by atoms with Crippen molar-refractivity contribution >= 4 is 50.7 Å². The molecule has 9 heteroatoms. The summed E-state index contributed by atoms with van der Waals surface area (Å²) >= 11 is 1.30. The molecule has 3 aromatic carbocycles. The normalized spacial score (nSPS) is 15.9. The standard InChI is InChI=1S/C31H27N5O3S/c1-19-12-14-21(15-13-19)30-34-36-28(32)24(29(37)33-31(36)40-30)18-23-20(2)35(25-9-5-4-8-22(23)25)16-17-39-27-11-7-6-10-26(27)38-3/h4-15,18,32H,16-17H2,1-3H3/b24-18-,32-28?. The summed E-state index contributed by atoms with van der Waals surface area (Å²) in [6, 6.07) is 23.6. The average molecular weight is 550 g/mol. The van der Waals surface area contributed by atoms with Gasteiger partial charge in [-0.1, -0.05) is 60.2 Å². The largest absolute Gasteiger partial charge is 0.493 e. The number of carbonyl (C=O) groups excluding carboxylic acids is 1. The highest BCUT2D eigenvalue weighted by Gasteiger charge is 2.36. The van der Waals surface area contributed by atoms with Crippen molar-refractivity contribution in [3.05, 3.63) is 101 Å². The fraction of sp³-hybridized carbons (Fsp3) is 0.161. The van der Waals surface area contributed by atoms with Crippen LogP contribution in [-0.4, -0.2) is 45.2 Å². The quantitative estimate of drug-likeness (QED) is 0.285. The molecule has 2 aliphatic heterocycles. The number of thioether (sulfide) groups is 1. The van der Waals surface area contributed by atoms with Gasteiger partial charge in [-0.3, -0.25) is 10.2 Å². The molecule has 0 saturated carbocycles. The van der Waals surface area contributed by atoms with Crippen molar-refractivity contribution in [1.29, 1.82) is 5.41 Å². The van der Waals surface area contributed by atoms with Crippen molar-refractivity contribution in [2.45, 2.75) is 20.4 Å². The maximum atomic E-state index is 13.2. The van der Waals surface area contributed by atoms with E-state index in [0.29, 0.717) is 34.9 Å². The molecular weight excluding hydrogens is 522 g/mol. The number of amidine groups is 2. The Labute approximate surface area is 236 Å². The lowest BCUT2D eigenvalue weighted by atomic mass is 10.1. The summed E-state index contributed by atoms with van der Waals surface area (Å²) in [5.41, 5.74) is 5.13. The van der Waals surface area contributed by atoms with E-state index in [1.807, 2.05) is 86.6 Å². The summed E-state index contributed by atoms with van der Waals surface area (Å²) in [4.78, 5) is 17.4. The molecule has 0 spiro atoms. The van der Waals surface area contributed by atoms with E-state index in [1.54, 1.807) is 13.2 Å². The molecule has 8 nitrogen and oxygen atoms in total. The van der Waals surface area contributed by atoms with Crippen LogP contribution in [0.5, 0.6) is 11.5 Å². The van der Waals surface area contributed by atoms with Crippen molar-refractivity contribution in [3.63, 3.8) is 0 Å². The number of amides is 1. The highest BCUT2D eigenvalue weighted by molar-refractivity contribution is 8.27. The van der Waals surface area contributed by atoms with Gasteiger partial charge in [-0.25, -0.2) is 0 Å². The number of carbonyl (C=O) groups is 1. The minimum absolute atomic E-state index is 0.0142. The van der Waals surface area contributed by atoms with E-state index in [1.165, 1.54) is 16.8 Å². The Kier molecular flexibility index (Phi) is 6.73. The number of ether oxygens (including phenoxy) is 2. The molecule has 0 aliphatic carbocycles. The zero-order valence-electron chi connectivity index (χ0n) is 22.3. The molecular formula is C31H27N5O3S. The maximum absolute atomic E-state index is 13.2. The van der Waals surface area contributed by atoms with Gasteiger partial charge in [-0.05, 0) is 49.9 Å². The lowest BCUT2D eigenvalue weighted by molar-refractivity contribution is -0.114. The van der Waals surface area contributed by atoms with Crippen molar-refractivity contribution in [2.75, 3.05) is 13.7 Å². The molecule has 0 atom stereocenters. The molecule has 1 amide bonds. The molecule has 0 fully saturated rings. The number of aryl methyl sites for hydroxylation is 1. The second kappa shape index (κ2) is 10.5. The molecule has 3 heterocycles. The number of aliphatic imine (C=N–C) groups is 1. The van der Waals surface area contributed by atoms with E-state index in [2.05, 4.69) is 14.7 Å². The first kappa shape index (κ1) is 25.6. The number of hydrogen-bond acceptors (Lipinski definition) is 6. The average Bonchev–Trinajstić information content (AvgIpc) is 3.50. The molecule has 0 unspecified atom stereocenters. The molecule has 1 aromatic heterocycles. The Hall–Kier alpha value is -4.63. The zero-order chi connectivity index (χ0) is 27.8. The van der Waals surface area contributed by atoms with Gasteiger partial charge in [0.25, 0.3) is 5.91 Å². The summed E-state index contributed by atoms with van der Waals surface area (Å²) in [5.74, 6) is 0.940. The Morgan fingerprint density at radius 2 is 1.70 bits per heavy atom. The number of benzene rings is 3. The van der Waals surface area contributed by atoms with Gasteiger partial charge in [0.15, 0.2) is 17.3 Å². The van der Waals surface area contributed by atoms with Crippen LogP contribution in [0.1, 0.15) is 22.4 Å². The van der Waals surface area contributed by atoms with Gasteiger partial charge in [0, 0.05) is 27.7 Å². The highest BCUT2D eigenvalue weighted by Crippen LogP contribution is 2.33. The van der Waals surface area contributed by atoms with Crippen LogP contribution in [-0.2, 0) is 11.3 Å². The summed E-state index contributed by atoms with van der Waals surface area (Å²) < 4.78 is 13.6. The van der Waals surface area contributed by atoms with Gasteiger partial charge in [0.05, 0.1) is 19.2 Å². The lowest BCUT2D eigenvalue weighted by Gasteiger charge is -2.20. The number of hydrogen-bond donors (Lipinski definition) is 1. The number of para-hydroxylation sites is 3. The number of nitrogens with zero attached hydrogens (tertiary/aromatic N) is 4. The topological polar surface area (TPSA) is 92.3 Å². The number of fused-ring (bicyclic) bond motifs is 2. The van der Waals surface area contributed by atoms with Crippen LogP contribution < -0.4 is 9.47 Å². The van der Waals surface area contributed by atoms with Crippen molar-refractivity contribution in [3.8, 4) is 11.5 Å².